The zero-order valence-electron chi connectivity index (χ0n) is 4.71. The first-order chi connectivity index (χ1) is 0. The van der Waals surface area contributed by atoms with E-state index in [1.165, 1.54) is 0 Å². The van der Waals surface area contributed by atoms with Crippen molar-refractivity contribution in [3.8, 4) is 0 Å². The molecule has 0 saturated carbocycles. The van der Waals surface area contributed by atoms with Gasteiger partial charge in [0.05, 0.1) is 0 Å². The third-order valence-electron chi connectivity index (χ3n) is 0. The van der Waals surface area contributed by atoms with Crippen LogP contribution in [-0.4, -0.2) is 77.0 Å². The smallest absolute Gasteiger partial charge is 1.00 e. The molecule has 0 aromatic heterocycles. The van der Waals surface area contributed by atoms with Crippen molar-refractivity contribution < 1.29 is 24.8 Å². The van der Waals surface area contributed by atoms with E-state index in [2.05, 4.69) is 0 Å². The van der Waals surface area contributed by atoms with Crippen LogP contribution in [0, 0.1) is 0 Å². The van der Waals surface area contributed by atoms with E-state index in [-0.39, 0.29) is 79.9 Å². The number of rotatable bonds is 0. The second-order valence-electron chi connectivity index (χ2n) is 0. The minimum Gasteiger partial charge on any atom is -1.00 e. The summed E-state index contributed by atoms with van der Waals surface area (Å²) in [6, 6.07) is 0. The SMILES string of the molecule is O.O.O.O.[AlH3].[Ca+2].[H-].[H-]. The average Bonchev–Trinajstić information content (AvgIpc) is 0. The quantitative estimate of drug-likeness (QED) is 0.303. The molecule has 0 bridgehead atoms. The summed E-state index contributed by atoms with van der Waals surface area (Å²) in [6.45, 7) is 0. The molecule has 0 radical (unpaired) electrons. The van der Waals surface area contributed by atoms with E-state index in [0.29, 0.717) is 0 Å². The third kappa shape index (κ3) is 45.4. The molecule has 8 N–H and O–H groups in total. The summed E-state index contributed by atoms with van der Waals surface area (Å²) in [5, 5.41) is 0. The van der Waals surface area contributed by atoms with Crippen LogP contribution in [0.3, 0.4) is 0 Å². The normalized spacial score (nSPS) is 0. The Labute approximate surface area is 79.3 Å². The summed E-state index contributed by atoms with van der Waals surface area (Å²) in [7, 11) is 0. The first-order valence-electron chi connectivity index (χ1n) is 0. The van der Waals surface area contributed by atoms with Gasteiger partial charge in [-0.05, 0) is 0 Å². The summed E-state index contributed by atoms with van der Waals surface area (Å²) in [5.74, 6) is 0. The molecule has 0 saturated heterocycles. The Kier molecular flexibility index (Phi) is 1660. The third-order valence-corrected chi connectivity index (χ3v) is 0. The predicted molar refractivity (Wildman–Crippen MR) is 32.4 cm³/mol. The van der Waals surface area contributed by atoms with Crippen molar-refractivity contribution in [2.45, 2.75) is 0 Å². The predicted octanol–water partition coefficient (Wildman–Crippen LogP) is -4.64. The van der Waals surface area contributed by atoms with Crippen LogP contribution in [0.15, 0.2) is 0 Å². The van der Waals surface area contributed by atoms with Crippen molar-refractivity contribution in [1.82, 2.24) is 0 Å². The molecule has 0 fully saturated rings. The minimum absolute atomic E-state index is 0. The Morgan fingerprint density at radius 2 is 0.667 bits per heavy atom. The molecule has 0 aromatic carbocycles. The fourth-order valence-corrected chi connectivity index (χ4v) is 0. The summed E-state index contributed by atoms with van der Waals surface area (Å²) >= 11 is 0. The minimum atomic E-state index is 0. The van der Waals surface area contributed by atoms with Crippen LogP contribution in [0.5, 0.6) is 0 Å². The summed E-state index contributed by atoms with van der Waals surface area (Å²) in [5.41, 5.74) is 0. The summed E-state index contributed by atoms with van der Waals surface area (Å²) < 4.78 is 0. The molecular formula is H13AlCaO4. The molecule has 0 rings (SSSR count). The molecule has 6 heavy (non-hydrogen) atoms. The molecule has 0 aliphatic carbocycles. The van der Waals surface area contributed by atoms with Crippen LogP contribution in [-0.2, 0) is 0 Å². The Balaban J connectivity index is 0. The maximum absolute atomic E-state index is 0. The molecule has 0 aromatic rings. The molecule has 6 heteroatoms. The topological polar surface area (TPSA) is 126 Å². The van der Waals surface area contributed by atoms with Crippen LogP contribution in [0.4, 0.5) is 0 Å². The first-order valence-corrected chi connectivity index (χ1v) is 0. The molecule has 4 nitrogen and oxygen atoms in total. The van der Waals surface area contributed by atoms with E-state index in [0.717, 1.165) is 0 Å². The zero-order valence-corrected chi connectivity index (χ0v) is 4.92. The second kappa shape index (κ2) is 79.0. The Morgan fingerprint density at radius 1 is 0.667 bits per heavy atom. The van der Waals surface area contributed by atoms with E-state index in [9.17, 15) is 0 Å². The molecule has 0 spiro atoms. The van der Waals surface area contributed by atoms with Gasteiger partial charge in [-0.3, -0.25) is 0 Å². The first kappa shape index (κ1) is 126. The van der Waals surface area contributed by atoms with Crippen LogP contribution in [0.25, 0.3) is 0 Å². The molecule has 0 unspecified atom stereocenters. The summed E-state index contributed by atoms with van der Waals surface area (Å²) in [6.07, 6.45) is 0. The van der Waals surface area contributed by atoms with Crippen molar-refractivity contribution in [2.75, 3.05) is 0 Å². The van der Waals surface area contributed by atoms with Crippen LogP contribution >= 0.6 is 0 Å². The van der Waals surface area contributed by atoms with Crippen molar-refractivity contribution in [2.24, 2.45) is 0 Å². The standard InChI is InChI=1S/Al.Ca.4H2O.5H/h;;4*1H2;;;;;/q;+2;;;;;;;;2*-1. The van der Waals surface area contributed by atoms with Crippen LogP contribution < -0.4 is 0 Å². The number of hydrogen-bond donors (Lipinski definition) is 0. The Bertz CT molecular complexity index is 14.0. The van der Waals surface area contributed by atoms with Crippen molar-refractivity contribution in [3.63, 3.8) is 0 Å². The van der Waals surface area contributed by atoms with Gasteiger partial charge in [0.15, 0.2) is 17.4 Å². The van der Waals surface area contributed by atoms with Crippen LogP contribution in [0.1, 0.15) is 2.85 Å². The number of hydrogen-bond acceptors (Lipinski definition) is 0. The van der Waals surface area contributed by atoms with Gasteiger partial charge in [0.2, 0.25) is 0 Å². The monoisotopic (exact) mass is 144 g/mol. The van der Waals surface area contributed by atoms with Gasteiger partial charge in [-0.1, -0.05) is 0 Å². The van der Waals surface area contributed by atoms with Gasteiger partial charge >= 0.3 is 37.7 Å². The maximum Gasteiger partial charge on any atom is 2.00 e. The van der Waals surface area contributed by atoms with E-state index in [1.54, 1.807) is 0 Å². The van der Waals surface area contributed by atoms with E-state index in [1.807, 2.05) is 0 Å². The van der Waals surface area contributed by atoms with E-state index in [4.69, 9.17) is 0 Å². The van der Waals surface area contributed by atoms with Gasteiger partial charge in [-0.2, -0.15) is 0 Å². The van der Waals surface area contributed by atoms with Gasteiger partial charge in [0, 0.05) is 0 Å². The molecule has 42 valence electrons. The van der Waals surface area contributed by atoms with E-state index < -0.39 is 0 Å². The fourth-order valence-electron chi connectivity index (χ4n) is 0. The molecule has 0 heterocycles. The Morgan fingerprint density at radius 3 is 0.667 bits per heavy atom. The van der Waals surface area contributed by atoms with Crippen molar-refractivity contribution >= 4 is 55.1 Å². The largest absolute Gasteiger partial charge is 2.00 e. The summed E-state index contributed by atoms with van der Waals surface area (Å²) in [4.78, 5) is 0. The van der Waals surface area contributed by atoms with Gasteiger partial charge < -0.3 is 24.8 Å². The maximum atomic E-state index is 0. The van der Waals surface area contributed by atoms with Gasteiger partial charge in [0.1, 0.15) is 0 Å². The molecule has 0 aliphatic heterocycles. The average molecular weight is 144 g/mol. The fraction of sp³-hybridized carbons (Fsp3) is 0. The molecule has 0 aliphatic rings. The Hall–Kier alpha value is 1.63. The zero-order chi connectivity index (χ0) is 0. The van der Waals surface area contributed by atoms with Crippen LogP contribution in [0.2, 0.25) is 0 Å². The molecular weight excluding hydrogens is 131 g/mol. The second-order valence-corrected chi connectivity index (χ2v) is 0. The molecule has 0 atom stereocenters. The van der Waals surface area contributed by atoms with Crippen molar-refractivity contribution in [1.29, 1.82) is 0 Å². The van der Waals surface area contributed by atoms with Gasteiger partial charge in [0.25, 0.3) is 0 Å². The van der Waals surface area contributed by atoms with Crippen molar-refractivity contribution in [3.05, 3.63) is 0 Å². The van der Waals surface area contributed by atoms with Gasteiger partial charge in [-0.15, -0.1) is 0 Å². The van der Waals surface area contributed by atoms with Gasteiger partial charge in [-0.25, -0.2) is 0 Å². The van der Waals surface area contributed by atoms with E-state index >= 15 is 0 Å². The molecule has 0 amide bonds.